The molecular weight excluding hydrogens is 182 g/mol. The highest BCUT2D eigenvalue weighted by Crippen LogP contribution is 2.22. The van der Waals surface area contributed by atoms with Crippen molar-refractivity contribution in [3.8, 4) is 0 Å². The third-order valence-electron chi connectivity index (χ3n) is 2.50. The third kappa shape index (κ3) is 4.53. The second kappa shape index (κ2) is 6.73. The highest BCUT2D eigenvalue weighted by molar-refractivity contribution is 4.74. The monoisotopic (exact) mass is 203 g/mol. The maximum Gasteiger partial charge on any atom is 0.219 e. The van der Waals surface area contributed by atoms with Gasteiger partial charge in [-0.3, -0.25) is 10.1 Å². The van der Waals surface area contributed by atoms with Gasteiger partial charge in [-0.25, -0.2) is 0 Å². The fourth-order valence-corrected chi connectivity index (χ4v) is 1.44. The van der Waals surface area contributed by atoms with Gasteiger partial charge in [0.05, 0.1) is 0 Å². The Morgan fingerprint density at radius 3 is 2.43 bits per heavy atom. The zero-order valence-corrected chi connectivity index (χ0v) is 9.08. The molecule has 0 aromatic heterocycles. The number of nitrogens with zero attached hydrogens (tertiary/aromatic N) is 1. The van der Waals surface area contributed by atoms with Crippen LogP contribution in [0.1, 0.15) is 32.6 Å². The number of rotatable bonds is 8. The first kappa shape index (κ1) is 13.3. The molecule has 0 saturated carbocycles. The van der Waals surface area contributed by atoms with Gasteiger partial charge in [-0.2, -0.15) is 0 Å². The number of nitrogens with two attached hydrogens (primary N) is 1. The predicted molar refractivity (Wildman–Crippen MR) is 56.8 cm³/mol. The zero-order chi connectivity index (χ0) is 11.0. The van der Waals surface area contributed by atoms with Gasteiger partial charge in [0.25, 0.3) is 0 Å². The number of hydrogen-bond acceptors (Lipinski definition) is 4. The molecular formula is C9H21N3O2. The molecule has 0 radical (unpaired) electrons. The van der Waals surface area contributed by atoms with Crippen molar-refractivity contribution in [1.29, 1.82) is 0 Å². The average molecular weight is 203 g/mol. The highest BCUT2D eigenvalue weighted by Gasteiger charge is 2.35. The van der Waals surface area contributed by atoms with Crippen LogP contribution >= 0.6 is 0 Å². The van der Waals surface area contributed by atoms with Gasteiger partial charge >= 0.3 is 0 Å². The van der Waals surface area contributed by atoms with E-state index in [0.717, 1.165) is 19.4 Å². The van der Waals surface area contributed by atoms with Gasteiger partial charge in [-0.15, -0.1) is 0 Å². The molecule has 3 N–H and O–H groups in total. The lowest BCUT2D eigenvalue weighted by molar-refractivity contribution is -0.568. The van der Waals surface area contributed by atoms with E-state index in [9.17, 15) is 10.1 Å². The molecule has 14 heavy (non-hydrogen) atoms. The summed E-state index contributed by atoms with van der Waals surface area (Å²) in [6.45, 7) is 3.06. The van der Waals surface area contributed by atoms with Crippen molar-refractivity contribution >= 4 is 0 Å². The fourth-order valence-electron chi connectivity index (χ4n) is 1.44. The van der Waals surface area contributed by atoms with Crippen LogP contribution in [0.3, 0.4) is 0 Å². The van der Waals surface area contributed by atoms with Crippen LogP contribution < -0.4 is 11.1 Å². The summed E-state index contributed by atoms with van der Waals surface area (Å²) < 4.78 is 0. The van der Waals surface area contributed by atoms with E-state index in [4.69, 9.17) is 5.73 Å². The molecule has 5 heteroatoms. The lowest BCUT2D eigenvalue weighted by Gasteiger charge is -2.20. The molecule has 0 aliphatic heterocycles. The van der Waals surface area contributed by atoms with Crippen molar-refractivity contribution in [2.45, 2.75) is 38.1 Å². The summed E-state index contributed by atoms with van der Waals surface area (Å²) in [5.41, 5.74) is 4.56. The lowest BCUT2D eigenvalue weighted by atomic mass is 9.91. The van der Waals surface area contributed by atoms with Gasteiger partial charge in [-0.05, 0) is 33.0 Å². The van der Waals surface area contributed by atoms with Crippen LogP contribution in [0.5, 0.6) is 0 Å². The van der Waals surface area contributed by atoms with E-state index >= 15 is 0 Å². The van der Waals surface area contributed by atoms with Gasteiger partial charge in [0.15, 0.2) is 0 Å². The molecule has 0 heterocycles. The topological polar surface area (TPSA) is 81.2 Å². The number of nitro groups is 1. The minimum Gasteiger partial charge on any atom is -0.330 e. The third-order valence-corrected chi connectivity index (χ3v) is 2.50. The maximum absolute atomic E-state index is 10.9. The maximum atomic E-state index is 10.9. The van der Waals surface area contributed by atoms with Gasteiger partial charge in [0.1, 0.15) is 0 Å². The molecule has 1 unspecified atom stereocenters. The fraction of sp³-hybridized carbons (Fsp3) is 1.00. The number of hydrogen-bond donors (Lipinski definition) is 2. The Labute approximate surface area is 85.2 Å². The number of nitrogens with one attached hydrogen (secondary N) is 1. The van der Waals surface area contributed by atoms with E-state index in [1.54, 1.807) is 6.92 Å². The van der Waals surface area contributed by atoms with E-state index in [0.29, 0.717) is 19.4 Å². The van der Waals surface area contributed by atoms with Crippen molar-refractivity contribution in [2.24, 2.45) is 5.73 Å². The van der Waals surface area contributed by atoms with Crippen LogP contribution in [0.25, 0.3) is 0 Å². The summed E-state index contributed by atoms with van der Waals surface area (Å²) in [5, 5.41) is 13.9. The van der Waals surface area contributed by atoms with Gasteiger partial charge in [0.2, 0.25) is 5.54 Å². The molecule has 84 valence electrons. The largest absolute Gasteiger partial charge is 0.330 e. The smallest absolute Gasteiger partial charge is 0.219 e. The van der Waals surface area contributed by atoms with Crippen LogP contribution in [-0.2, 0) is 0 Å². The molecule has 1 atom stereocenters. The second-order valence-corrected chi connectivity index (χ2v) is 3.85. The summed E-state index contributed by atoms with van der Waals surface area (Å²) in [5.74, 6) is 0. The van der Waals surface area contributed by atoms with Crippen molar-refractivity contribution in [1.82, 2.24) is 5.32 Å². The van der Waals surface area contributed by atoms with Crippen molar-refractivity contribution in [2.75, 3.05) is 20.1 Å². The average Bonchev–Trinajstić information content (AvgIpc) is 2.15. The Kier molecular flexibility index (Phi) is 6.40. The van der Waals surface area contributed by atoms with Crippen molar-refractivity contribution < 1.29 is 4.92 Å². The molecule has 0 aliphatic carbocycles. The Morgan fingerprint density at radius 1 is 1.43 bits per heavy atom. The Bertz CT molecular complexity index is 175. The Morgan fingerprint density at radius 2 is 2.00 bits per heavy atom. The molecule has 0 spiro atoms. The summed E-state index contributed by atoms with van der Waals surface area (Å²) in [6, 6.07) is 0. The zero-order valence-electron chi connectivity index (χ0n) is 9.08. The van der Waals surface area contributed by atoms with Crippen LogP contribution in [0.15, 0.2) is 0 Å². The molecule has 5 nitrogen and oxygen atoms in total. The van der Waals surface area contributed by atoms with Gasteiger partial charge in [0, 0.05) is 24.7 Å². The van der Waals surface area contributed by atoms with Gasteiger partial charge in [-0.1, -0.05) is 0 Å². The quantitative estimate of drug-likeness (QED) is 0.347. The SMILES string of the molecule is CNCCCC(C)(CCCN)[N+](=O)[O-]. The van der Waals surface area contributed by atoms with E-state index in [2.05, 4.69) is 5.32 Å². The molecule has 0 fully saturated rings. The highest BCUT2D eigenvalue weighted by atomic mass is 16.6. The van der Waals surface area contributed by atoms with Crippen LogP contribution in [0, 0.1) is 10.1 Å². The van der Waals surface area contributed by atoms with Crippen LogP contribution in [0.4, 0.5) is 0 Å². The summed E-state index contributed by atoms with van der Waals surface area (Å²) >= 11 is 0. The first-order chi connectivity index (χ1) is 6.56. The van der Waals surface area contributed by atoms with E-state index < -0.39 is 5.54 Å². The predicted octanol–water partition coefficient (Wildman–Crippen LogP) is 0.760. The van der Waals surface area contributed by atoms with Crippen LogP contribution in [-0.4, -0.2) is 30.6 Å². The summed E-state index contributed by atoms with van der Waals surface area (Å²) in [4.78, 5) is 10.7. The van der Waals surface area contributed by atoms with Crippen molar-refractivity contribution in [3.63, 3.8) is 0 Å². The minimum atomic E-state index is -0.795. The Balaban J connectivity index is 4.03. The summed E-state index contributed by atoms with van der Waals surface area (Å²) in [6.07, 6.45) is 2.73. The molecule has 0 aliphatic rings. The molecule has 0 rings (SSSR count). The molecule has 0 aromatic rings. The first-order valence-electron chi connectivity index (χ1n) is 5.06. The molecule has 0 aromatic carbocycles. The summed E-state index contributed by atoms with van der Waals surface area (Å²) in [7, 11) is 1.85. The minimum absolute atomic E-state index is 0.168. The normalized spacial score (nSPS) is 15.1. The van der Waals surface area contributed by atoms with Crippen molar-refractivity contribution in [3.05, 3.63) is 10.1 Å². The molecule has 0 amide bonds. The van der Waals surface area contributed by atoms with E-state index in [-0.39, 0.29) is 4.92 Å². The van der Waals surface area contributed by atoms with E-state index in [1.165, 1.54) is 0 Å². The molecule has 0 saturated heterocycles. The Hall–Kier alpha value is -0.680. The second-order valence-electron chi connectivity index (χ2n) is 3.85. The molecule has 0 bridgehead atoms. The first-order valence-corrected chi connectivity index (χ1v) is 5.06. The van der Waals surface area contributed by atoms with Crippen LogP contribution in [0.2, 0.25) is 0 Å². The lowest BCUT2D eigenvalue weighted by Crippen LogP contribution is -2.36. The van der Waals surface area contributed by atoms with Gasteiger partial charge < -0.3 is 11.1 Å². The van der Waals surface area contributed by atoms with E-state index in [1.807, 2.05) is 7.05 Å². The standard InChI is InChI=1S/C9H21N3O2/c1-9(12(13)14,5-3-7-10)6-4-8-11-2/h11H,3-8,10H2,1-2H3.